The van der Waals surface area contributed by atoms with Gasteiger partial charge in [0.25, 0.3) is 5.91 Å². The Bertz CT molecular complexity index is 570. The number of urea groups is 1. The number of ether oxygens (including phenoxy) is 1. The van der Waals surface area contributed by atoms with Crippen LogP contribution in [0.3, 0.4) is 0 Å². The molecule has 1 aromatic carbocycles. The number of nitrogens with one attached hydrogen (secondary N) is 1. The van der Waals surface area contributed by atoms with E-state index >= 15 is 0 Å². The molecule has 3 rings (SSSR count). The molecule has 2 aliphatic heterocycles. The van der Waals surface area contributed by atoms with Crippen LogP contribution in [0.25, 0.3) is 0 Å². The zero-order valence-corrected chi connectivity index (χ0v) is 13.5. The highest BCUT2D eigenvalue weighted by Gasteiger charge is 2.56. The van der Waals surface area contributed by atoms with Gasteiger partial charge in [0.05, 0.1) is 13.2 Å². The van der Waals surface area contributed by atoms with Crippen molar-refractivity contribution in [3.8, 4) is 0 Å². The van der Waals surface area contributed by atoms with Gasteiger partial charge in [0.1, 0.15) is 5.54 Å². The largest absolute Gasteiger partial charge is 0.383 e. The van der Waals surface area contributed by atoms with E-state index in [1.807, 2.05) is 30.3 Å². The van der Waals surface area contributed by atoms with Crippen molar-refractivity contribution < 1.29 is 14.3 Å². The van der Waals surface area contributed by atoms with E-state index in [-0.39, 0.29) is 11.9 Å². The summed E-state index contributed by atoms with van der Waals surface area (Å²) in [5, 5.41) is 3.28. The van der Waals surface area contributed by atoms with Gasteiger partial charge in [0.2, 0.25) is 0 Å². The summed E-state index contributed by atoms with van der Waals surface area (Å²) in [7, 11) is 1.58. The molecule has 2 saturated heterocycles. The number of methoxy groups -OCH3 is 1. The Morgan fingerprint density at radius 3 is 2.52 bits per heavy atom. The van der Waals surface area contributed by atoms with Crippen molar-refractivity contribution in [3.05, 3.63) is 35.9 Å². The molecule has 6 nitrogen and oxygen atoms in total. The van der Waals surface area contributed by atoms with E-state index in [0.717, 1.165) is 18.7 Å². The predicted octanol–water partition coefficient (Wildman–Crippen LogP) is 1.22. The van der Waals surface area contributed by atoms with Gasteiger partial charge in [-0.05, 0) is 31.5 Å². The quantitative estimate of drug-likeness (QED) is 0.830. The Kier molecular flexibility index (Phi) is 4.63. The van der Waals surface area contributed by atoms with Gasteiger partial charge in [-0.2, -0.15) is 0 Å². The molecule has 0 saturated carbocycles. The lowest BCUT2D eigenvalue weighted by molar-refractivity contribution is -0.135. The number of amides is 3. The summed E-state index contributed by atoms with van der Waals surface area (Å²) >= 11 is 0. The molecule has 1 N–H and O–H groups in total. The maximum Gasteiger partial charge on any atom is 0.328 e. The highest BCUT2D eigenvalue weighted by atomic mass is 16.5. The number of benzene rings is 1. The van der Waals surface area contributed by atoms with Gasteiger partial charge in [-0.25, -0.2) is 4.79 Å². The third-order valence-electron chi connectivity index (χ3n) is 4.75. The smallest absolute Gasteiger partial charge is 0.328 e. The normalized spacial score (nSPS) is 20.6. The van der Waals surface area contributed by atoms with Crippen LogP contribution in [0.2, 0.25) is 0 Å². The summed E-state index contributed by atoms with van der Waals surface area (Å²) in [6.07, 6.45) is 1.32. The fraction of sp³-hybridized carbons (Fsp3) is 0.529. The van der Waals surface area contributed by atoms with E-state index in [0.29, 0.717) is 32.5 Å². The molecule has 0 unspecified atom stereocenters. The molecule has 23 heavy (non-hydrogen) atoms. The van der Waals surface area contributed by atoms with Crippen LogP contribution >= 0.6 is 0 Å². The minimum atomic E-state index is -0.702. The van der Waals surface area contributed by atoms with Crippen LogP contribution in [0.5, 0.6) is 0 Å². The van der Waals surface area contributed by atoms with Crippen molar-refractivity contribution in [2.75, 3.05) is 33.4 Å². The van der Waals surface area contributed by atoms with Gasteiger partial charge in [-0.15, -0.1) is 0 Å². The van der Waals surface area contributed by atoms with Gasteiger partial charge in [0, 0.05) is 13.7 Å². The first-order valence-corrected chi connectivity index (χ1v) is 8.06. The lowest BCUT2D eigenvalue weighted by atomic mass is 9.86. The van der Waals surface area contributed by atoms with E-state index in [2.05, 4.69) is 5.32 Å². The SMILES string of the molecule is COCCN1C(=O)N(Cc2ccccc2)C2(CCNCC2)C1=O. The zero-order valence-electron chi connectivity index (χ0n) is 13.5. The molecule has 6 heteroatoms. The second-order valence-corrected chi connectivity index (χ2v) is 6.09. The van der Waals surface area contributed by atoms with Crippen LogP contribution in [-0.2, 0) is 16.1 Å². The minimum Gasteiger partial charge on any atom is -0.383 e. The lowest BCUT2D eigenvalue weighted by Crippen LogP contribution is -2.55. The molecule has 2 heterocycles. The Hall–Kier alpha value is -1.92. The monoisotopic (exact) mass is 317 g/mol. The number of carbonyl (C=O) groups excluding carboxylic acids is 2. The summed E-state index contributed by atoms with van der Waals surface area (Å²) in [5.74, 6) is -0.0722. The van der Waals surface area contributed by atoms with Crippen molar-refractivity contribution in [1.82, 2.24) is 15.1 Å². The predicted molar refractivity (Wildman–Crippen MR) is 85.8 cm³/mol. The second-order valence-electron chi connectivity index (χ2n) is 6.09. The van der Waals surface area contributed by atoms with Crippen molar-refractivity contribution in [1.29, 1.82) is 0 Å². The molecule has 0 bridgehead atoms. The van der Waals surface area contributed by atoms with Crippen LogP contribution in [0.1, 0.15) is 18.4 Å². The Morgan fingerprint density at radius 1 is 1.17 bits per heavy atom. The molecule has 124 valence electrons. The topological polar surface area (TPSA) is 61.9 Å². The number of hydrogen-bond acceptors (Lipinski definition) is 4. The number of piperidine rings is 1. The molecule has 1 aromatic rings. The van der Waals surface area contributed by atoms with Crippen LogP contribution in [0.15, 0.2) is 30.3 Å². The van der Waals surface area contributed by atoms with Gasteiger partial charge in [-0.3, -0.25) is 9.69 Å². The van der Waals surface area contributed by atoms with E-state index in [4.69, 9.17) is 4.74 Å². The molecular formula is C17H23N3O3. The standard InChI is InChI=1S/C17H23N3O3/c1-23-12-11-19-15(21)17(7-9-18-10-8-17)20(16(19)22)13-14-5-3-2-4-6-14/h2-6,18H,7-13H2,1H3. The summed E-state index contributed by atoms with van der Waals surface area (Å²) in [4.78, 5) is 29.0. The summed E-state index contributed by atoms with van der Waals surface area (Å²) < 4.78 is 5.05. The van der Waals surface area contributed by atoms with Crippen molar-refractivity contribution >= 4 is 11.9 Å². The first-order valence-electron chi connectivity index (χ1n) is 8.06. The first kappa shape index (κ1) is 16.0. The van der Waals surface area contributed by atoms with E-state index in [9.17, 15) is 9.59 Å². The maximum absolute atomic E-state index is 13.0. The van der Waals surface area contributed by atoms with Gasteiger partial charge in [-0.1, -0.05) is 30.3 Å². The molecular weight excluding hydrogens is 294 g/mol. The summed E-state index contributed by atoms with van der Waals surface area (Å²) in [6.45, 7) is 2.65. The van der Waals surface area contributed by atoms with Crippen LogP contribution in [0, 0.1) is 0 Å². The van der Waals surface area contributed by atoms with Gasteiger partial charge >= 0.3 is 6.03 Å². The number of hydrogen-bond donors (Lipinski definition) is 1. The number of carbonyl (C=O) groups is 2. The van der Waals surface area contributed by atoms with E-state index in [1.165, 1.54) is 4.90 Å². The van der Waals surface area contributed by atoms with Crippen molar-refractivity contribution in [2.24, 2.45) is 0 Å². The van der Waals surface area contributed by atoms with Crippen LogP contribution < -0.4 is 5.32 Å². The number of rotatable bonds is 5. The molecule has 0 aromatic heterocycles. The van der Waals surface area contributed by atoms with Crippen molar-refractivity contribution in [2.45, 2.75) is 24.9 Å². The van der Waals surface area contributed by atoms with E-state index in [1.54, 1.807) is 12.0 Å². The Morgan fingerprint density at radius 2 is 1.87 bits per heavy atom. The molecule has 0 radical (unpaired) electrons. The Balaban J connectivity index is 1.89. The fourth-order valence-corrected chi connectivity index (χ4v) is 3.47. The number of nitrogens with zero attached hydrogens (tertiary/aromatic N) is 2. The molecule has 2 aliphatic rings. The van der Waals surface area contributed by atoms with Crippen LogP contribution in [0.4, 0.5) is 4.79 Å². The second kappa shape index (κ2) is 6.68. The minimum absolute atomic E-state index is 0.0722. The first-order chi connectivity index (χ1) is 11.2. The van der Waals surface area contributed by atoms with Gasteiger partial charge < -0.3 is 15.0 Å². The number of imide groups is 1. The molecule has 0 aliphatic carbocycles. The zero-order chi connectivity index (χ0) is 16.3. The Labute approximate surface area is 136 Å². The molecule has 0 atom stereocenters. The maximum atomic E-state index is 13.0. The summed E-state index contributed by atoms with van der Waals surface area (Å²) in [5.41, 5.74) is 0.339. The fourth-order valence-electron chi connectivity index (χ4n) is 3.47. The van der Waals surface area contributed by atoms with E-state index < -0.39 is 5.54 Å². The molecule has 2 fully saturated rings. The highest BCUT2D eigenvalue weighted by molar-refractivity contribution is 6.07. The van der Waals surface area contributed by atoms with Crippen molar-refractivity contribution in [3.63, 3.8) is 0 Å². The lowest BCUT2D eigenvalue weighted by Gasteiger charge is -2.38. The van der Waals surface area contributed by atoms with Crippen LogP contribution in [-0.4, -0.2) is 60.6 Å². The highest BCUT2D eigenvalue weighted by Crippen LogP contribution is 2.36. The summed E-state index contributed by atoms with van der Waals surface area (Å²) in [6, 6.07) is 9.64. The third kappa shape index (κ3) is 2.84. The average Bonchev–Trinajstić information content (AvgIpc) is 2.77. The third-order valence-corrected chi connectivity index (χ3v) is 4.75. The molecule has 1 spiro atoms. The van der Waals surface area contributed by atoms with Gasteiger partial charge in [0.15, 0.2) is 0 Å². The average molecular weight is 317 g/mol. The molecule has 3 amide bonds.